The molecule has 0 radical (unpaired) electrons. The predicted octanol–water partition coefficient (Wildman–Crippen LogP) is 2.30. The lowest BCUT2D eigenvalue weighted by molar-refractivity contribution is -0.119. The minimum Gasteiger partial charge on any atom is -0.358 e. The van der Waals surface area contributed by atoms with Gasteiger partial charge in [-0.3, -0.25) is 15.2 Å². The number of carbonyl (C=O) groups excluding carboxylic acids is 1. The minimum atomic E-state index is -0.297. The number of amides is 1. The Morgan fingerprint density at radius 3 is 2.89 bits per heavy atom. The van der Waals surface area contributed by atoms with Gasteiger partial charge in [0.2, 0.25) is 5.91 Å². The van der Waals surface area contributed by atoms with Crippen molar-refractivity contribution in [2.45, 2.75) is 6.42 Å². The molecule has 1 rings (SSSR count). The predicted molar refractivity (Wildman–Crippen MR) is 73.0 cm³/mol. The van der Waals surface area contributed by atoms with Crippen molar-refractivity contribution in [3.63, 3.8) is 0 Å². The minimum absolute atomic E-state index is 0.163. The van der Waals surface area contributed by atoms with Gasteiger partial charge in [0.25, 0.3) is 0 Å². The van der Waals surface area contributed by atoms with E-state index in [1.165, 1.54) is 6.20 Å². The van der Waals surface area contributed by atoms with E-state index in [0.717, 1.165) is 5.69 Å². The molecule has 0 spiro atoms. The molecule has 0 unspecified atom stereocenters. The lowest BCUT2D eigenvalue weighted by Crippen LogP contribution is -2.26. The van der Waals surface area contributed by atoms with Crippen LogP contribution in [0.2, 0.25) is 0 Å². The molecule has 0 aliphatic heterocycles. The second-order valence-electron chi connectivity index (χ2n) is 3.25. The zero-order chi connectivity index (χ0) is 13.4. The highest BCUT2D eigenvalue weighted by atomic mass is 35.5. The monoisotopic (exact) mass is 286 g/mol. The second-order valence-corrected chi connectivity index (χ2v) is 4.00. The lowest BCUT2D eigenvalue weighted by atomic mass is 10.4. The molecule has 0 aliphatic rings. The number of allylic oxidation sites excluding steroid dienone is 1. The van der Waals surface area contributed by atoms with Gasteiger partial charge >= 0.3 is 0 Å². The fourth-order valence-electron chi connectivity index (χ4n) is 1.06. The lowest BCUT2D eigenvalue weighted by Gasteiger charge is -2.07. The third-order valence-corrected chi connectivity index (χ3v) is 2.27. The van der Waals surface area contributed by atoms with Crippen molar-refractivity contribution in [3.8, 4) is 0 Å². The highest BCUT2D eigenvalue weighted by Gasteiger charge is 2.07. The summed E-state index contributed by atoms with van der Waals surface area (Å²) in [5, 5.41) is 12.4. The van der Waals surface area contributed by atoms with E-state index in [-0.39, 0.29) is 29.1 Å². The Labute approximate surface area is 115 Å². The zero-order valence-corrected chi connectivity index (χ0v) is 10.9. The average Bonchev–Trinajstić information content (AvgIpc) is 2.35. The summed E-state index contributed by atoms with van der Waals surface area (Å²) in [6.45, 7) is 0. The van der Waals surface area contributed by atoms with Crippen LogP contribution in [0.3, 0.4) is 0 Å². The molecule has 0 aromatic carbocycles. The number of nitrogens with zero attached hydrogens (tertiary/aromatic N) is 1. The number of alkyl halides is 1. The Hall–Kier alpha value is -1.59. The molecule has 0 bridgehead atoms. The van der Waals surface area contributed by atoms with E-state index < -0.39 is 0 Å². The molecule has 96 valence electrons. The van der Waals surface area contributed by atoms with Crippen LogP contribution in [0.5, 0.6) is 0 Å². The molecule has 0 aliphatic carbocycles. The average molecular weight is 287 g/mol. The van der Waals surface area contributed by atoms with E-state index >= 15 is 0 Å². The van der Waals surface area contributed by atoms with Gasteiger partial charge in [0.1, 0.15) is 5.17 Å². The van der Waals surface area contributed by atoms with Crippen LogP contribution >= 0.6 is 23.2 Å². The van der Waals surface area contributed by atoms with Crippen LogP contribution in [0, 0.1) is 5.41 Å². The molecule has 1 aromatic heterocycles. The van der Waals surface area contributed by atoms with Gasteiger partial charge in [0, 0.05) is 24.7 Å². The number of rotatable bonds is 6. The number of pyridine rings is 1. The summed E-state index contributed by atoms with van der Waals surface area (Å²) in [6.07, 6.45) is 4.84. The summed E-state index contributed by atoms with van der Waals surface area (Å²) in [4.78, 5) is 15.3. The van der Waals surface area contributed by atoms with E-state index in [1.54, 1.807) is 24.5 Å². The van der Waals surface area contributed by atoms with E-state index in [1.807, 2.05) is 0 Å². The Morgan fingerprint density at radius 1 is 1.56 bits per heavy atom. The summed E-state index contributed by atoms with van der Waals surface area (Å²) in [6, 6.07) is 3.55. The molecule has 0 saturated heterocycles. The van der Waals surface area contributed by atoms with Crippen LogP contribution in [0.15, 0.2) is 36.4 Å². The van der Waals surface area contributed by atoms with Gasteiger partial charge in [0.15, 0.2) is 0 Å². The molecule has 1 heterocycles. The molecule has 3 N–H and O–H groups in total. The number of aromatic nitrogens is 1. The van der Waals surface area contributed by atoms with Gasteiger partial charge < -0.3 is 10.6 Å². The summed E-state index contributed by atoms with van der Waals surface area (Å²) >= 11 is 11.0. The Balaban J connectivity index is 2.67. The number of nitrogens with one attached hydrogen (secondary N) is 3. The van der Waals surface area contributed by atoms with Crippen LogP contribution in [-0.2, 0) is 4.79 Å². The summed E-state index contributed by atoms with van der Waals surface area (Å²) in [5.41, 5.74) is 0.898. The van der Waals surface area contributed by atoms with Crippen molar-refractivity contribution in [2.24, 2.45) is 0 Å². The summed E-state index contributed by atoms with van der Waals surface area (Å²) in [7, 11) is 0. The highest BCUT2D eigenvalue weighted by molar-refractivity contribution is 6.68. The standard InChI is InChI=1S/C11H12Cl2N4O/c12-4-3-10(18)17-9(11(13)14)7-16-8-2-1-5-15-6-8/h1-2,5-7,14,16H,3-4H2,(H,17,18)/b9-7+,14-11?. The highest BCUT2D eigenvalue weighted by Crippen LogP contribution is 2.05. The van der Waals surface area contributed by atoms with E-state index in [9.17, 15) is 4.79 Å². The largest absolute Gasteiger partial charge is 0.358 e. The van der Waals surface area contributed by atoms with Crippen molar-refractivity contribution in [2.75, 3.05) is 11.2 Å². The quantitative estimate of drug-likeness (QED) is 0.555. The Bertz CT molecular complexity index is 448. The van der Waals surface area contributed by atoms with Gasteiger partial charge in [-0.15, -0.1) is 11.6 Å². The fourth-order valence-corrected chi connectivity index (χ4v) is 1.33. The first-order chi connectivity index (χ1) is 8.63. The second kappa shape index (κ2) is 7.68. The first-order valence-corrected chi connectivity index (χ1v) is 6.01. The van der Waals surface area contributed by atoms with Gasteiger partial charge in [-0.1, -0.05) is 11.6 Å². The van der Waals surface area contributed by atoms with Crippen molar-refractivity contribution >= 4 is 40.0 Å². The van der Waals surface area contributed by atoms with Crippen LogP contribution in [0.25, 0.3) is 0 Å². The molecular weight excluding hydrogens is 275 g/mol. The third kappa shape index (κ3) is 5.16. The summed E-state index contributed by atoms with van der Waals surface area (Å²) < 4.78 is 0. The van der Waals surface area contributed by atoms with E-state index in [4.69, 9.17) is 28.6 Å². The SMILES string of the molecule is N=C(Cl)/C(=C\Nc1cccnc1)NC(=O)CCCl. The molecule has 0 saturated carbocycles. The van der Waals surface area contributed by atoms with Gasteiger partial charge in [-0.2, -0.15) is 0 Å². The first kappa shape index (κ1) is 14.5. The third-order valence-electron chi connectivity index (χ3n) is 1.88. The molecule has 0 fully saturated rings. The zero-order valence-electron chi connectivity index (χ0n) is 9.41. The van der Waals surface area contributed by atoms with Crippen molar-refractivity contribution < 1.29 is 4.79 Å². The van der Waals surface area contributed by atoms with Gasteiger partial charge in [-0.05, 0) is 12.1 Å². The van der Waals surface area contributed by atoms with Gasteiger partial charge in [0.05, 0.1) is 17.6 Å². The fraction of sp³-hybridized carbons (Fsp3) is 0.182. The van der Waals surface area contributed by atoms with Crippen LogP contribution in [0.4, 0.5) is 5.69 Å². The maximum absolute atomic E-state index is 11.3. The van der Waals surface area contributed by atoms with E-state index in [0.29, 0.717) is 0 Å². The molecule has 1 amide bonds. The van der Waals surface area contributed by atoms with Crippen molar-refractivity contribution in [1.29, 1.82) is 5.41 Å². The molecular formula is C11H12Cl2N4O. The van der Waals surface area contributed by atoms with Crippen LogP contribution in [0.1, 0.15) is 6.42 Å². The molecule has 1 aromatic rings. The van der Waals surface area contributed by atoms with Crippen molar-refractivity contribution in [1.82, 2.24) is 10.3 Å². The number of hydrogen-bond donors (Lipinski definition) is 3. The topological polar surface area (TPSA) is 77.9 Å². The number of carbonyl (C=O) groups is 1. The van der Waals surface area contributed by atoms with E-state index in [2.05, 4.69) is 15.6 Å². The Kier molecular flexibility index (Phi) is 6.18. The van der Waals surface area contributed by atoms with Crippen LogP contribution in [-0.4, -0.2) is 21.9 Å². The van der Waals surface area contributed by atoms with Crippen LogP contribution < -0.4 is 10.6 Å². The maximum atomic E-state index is 11.3. The summed E-state index contributed by atoms with van der Waals surface area (Å²) in [5.74, 6) is -0.0836. The van der Waals surface area contributed by atoms with Gasteiger partial charge in [-0.25, -0.2) is 0 Å². The smallest absolute Gasteiger partial charge is 0.225 e. The number of hydrogen-bond acceptors (Lipinski definition) is 4. The van der Waals surface area contributed by atoms with Crippen molar-refractivity contribution in [3.05, 3.63) is 36.4 Å². The molecule has 7 heteroatoms. The number of anilines is 1. The Morgan fingerprint density at radius 2 is 2.33 bits per heavy atom. The normalized spacial score (nSPS) is 10.9. The molecule has 5 nitrogen and oxygen atoms in total. The first-order valence-electron chi connectivity index (χ1n) is 5.10. The molecule has 0 atom stereocenters. The molecule has 18 heavy (non-hydrogen) atoms. The maximum Gasteiger partial charge on any atom is 0.225 e. The number of halogens is 2.